The van der Waals surface area contributed by atoms with Gasteiger partial charge in [-0.15, -0.1) is 0 Å². The van der Waals surface area contributed by atoms with Crippen molar-refractivity contribution in [2.24, 2.45) is 14.1 Å². The van der Waals surface area contributed by atoms with Crippen LogP contribution in [0.4, 0.5) is 5.82 Å². The third-order valence-electron chi connectivity index (χ3n) is 5.71. The van der Waals surface area contributed by atoms with E-state index in [0.717, 1.165) is 41.3 Å². The molecule has 8 heteroatoms. The first-order valence-corrected chi connectivity index (χ1v) is 9.76. The summed E-state index contributed by atoms with van der Waals surface area (Å²) in [7, 11) is 3.83. The Kier molecular flexibility index (Phi) is 4.28. The molecule has 1 aromatic carbocycles. The van der Waals surface area contributed by atoms with Crippen LogP contribution in [0.15, 0.2) is 49.1 Å². The number of hydrogen-bond acceptors (Lipinski definition) is 6. The molecule has 5 rings (SSSR count). The molecule has 0 radical (unpaired) electrons. The number of aliphatic hydroxyl groups is 1. The summed E-state index contributed by atoms with van der Waals surface area (Å²) < 4.78 is 3.72. The second kappa shape index (κ2) is 6.97. The average Bonchev–Trinajstić information content (AvgIpc) is 3.32. The second-order valence-electron chi connectivity index (χ2n) is 7.59. The Hall–Kier alpha value is -3.26. The predicted molar refractivity (Wildman–Crippen MR) is 111 cm³/mol. The van der Waals surface area contributed by atoms with E-state index in [1.54, 1.807) is 17.2 Å². The van der Waals surface area contributed by atoms with E-state index in [0.29, 0.717) is 6.54 Å². The Morgan fingerprint density at radius 1 is 1.10 bits per heavy atom. The third kappa shape index (κ3) is 3.05. The van der Waals surface area contributed by atoms with Crippen LogP contribution in [0.2, 0.25) is 0 Å². The minimum atomic E-state index is -0.460. The molecule has 0 saturated carbocycles. The third-order valence-corrected chi connectivity index (χ3v) is 5.71. The number of aryl methyl sites for hydroxylation is 2. The predicted octanol–water partition coefficient (Wildman–Crippen LogP) is 2.12. The first-order valence-electron chi connectivity index (χ1n) is 9.76. The van der Waals surface area contributed by atoms with Gasteiger partial charge in [0.1, 0.15) is 12.2 Å². The maximum Gasteiger partial charge on any atom is 0.165 e. The smallest absolute Gasteiger partial charge is 0.165 e. The Morgan fingerprint density at radius 2 is 1.93 bits per heavy atom. The molecule has 3 aromatic heterocycles. The van der Waals surface area contributed by atoms with Gasteiger partial charge in [-0.05, 0) is 12.0 Å². The standard InChI is InChI=1S/C21H23N7O/c1-26-11-15(10-24-26)19-25-18-20(27(19)2)22-13-23-21(18)28-9-8-16(17(29)12-28)14-6-4-3-5-7-14/h3-7,10-11,13,16-17,29H,8-9,12H2,1-2H3/t16-,17+/m1/s1. The lowest BCUT2D eigenvalue weighted by molar-refractivity contribution is 0.129. The molecule has 0 aliphatic carbocycles. The van der Waals surface area contributed by atoms with Crippen molar-refractivity contribution in [1.29, 1.82) is 0 Å². The van der Waals surface area contributed by atoms with Crippen molar-refractivity contribution in [1.82, 2.24) is 29.3 Å². The molecule has 8 nitrogen and oxygen atoms in total. The highest BCUT2D eigenvalue weighted by molar-refractivity contribution is 5.86. The van der Waals surface area contributed by atoms with Crippen LogP contribution in [-0.4, -0.2) is 53.6 Å². The molecule has 1 N–H and O–H groups in total. The second-order valence-corrected chi connectivity index (χ2v) is 7.59. The number of rotatable bonds is 3. The van der Waals surface area contributed by atoms with Crippen molar-refractivity contribution in [2.75, 3.05) is 18.0 Å². The summed E-state index contributed by atoms with van der Waals surface area (Å²) >= 11 is 0. The zero-order valence-corrected chi connectivity index (χ0v) is 16.5. The summed E-state index contributed by atoms with van der Waals surface area (Å²) in [6.45, 7) is 1.33. The molecule has 4 heterocycles. The monoisotopic (exact) mass is 389 g/mol. The number of fused-ring (bicyclic) bond motifs is 1. The minimum absolute atomic E-state index is 0.138. The van der Waals surface area contributed by atoms with Crippen molar-refractivity contribution in [3.05, 3.63) is 54.6 Å². The molecule has 0 spiro atoms. The van der Waals surface area contributed by atoms with E-state index < -0.39 is 6.10 Å². The summed E-state index contributed by atoms with van der Waals surface area (Å²) in [5.74, 6) is 1.71. The fourth-order valence-corrected chi connectivity index (χ4v) is 4.23. The quantitative estimate of drug-likeness (QED) is 0.578. The van der Waals surface area contributed by atoms with Crippen molar-refractivity contribution in [3.63, 3.8) is 0 Å². The van der Waals surface area contributed by atoms with Crippen molar-refractivity contribution < 1.29 is 5.11 Å². The minimum Gasteiger partial charge on any atom is -0.391 e. The number of benzene rings is 1. The molecular formula is C21H23N7O. The molecule has 0 unspecified atom stereocenters. The van der Waals surface area contributed by atoms with E-state index in [2.05, 4.69) is 32.1 Å². The molecule has 1 saturated heterocycles. The molecule has 0 bridgehead atoms. The van der Waals surface area contributed by atoms with Crippen LogP contribution in [0.5, 0.6) is 0 Å². The van der Waals surface area contributed by atoms with E-state index in [9.17, 15) is 5.11 Å². The number of hydrogen-bond donors (Lipinski definition) is 1. The van der Waals surface area contributed by atoms with Gasteiger partial charge in [-0.1, -0.05) is 30.3 Å². The number of piperidine rings is 1. The normalized spacial score (nSPS) is 19.8. The molecule has 0 amide bonds. The van der Waals surface area contributed by atoms with Gasteiger partial charge in [0.15, 0.2) is 17.0 Å². The first kappa shape index (κ1) is 17.8. The summed E-state index contributed by atoms with van der Waals surface area (Å²) in [5.41, 5.74) is 3.64. The Labute approximate surface area is 168 Å². The lowest BCUT2D eigenvalue weighted by Gasteiger charge is -2.36. The molecule has 29 heavy (non-hydrogen) atoms. The first-order chi connectivity index (χ1) is 14.1. The van der Waals surface area contributed by atoms with Crippen molar-refractivity contribution in [3.8, 4) is 11.4 Å². The van der Waals surface area contributed by atoms with Gasteiger partial charge in [0.05, 0.1) is 17.9 Å². The van der Waals surface area contributed by atoms with Gasteiger partial charge in [-0.25, -0.2) is 15.0 Å². The van der Waals surface area contributed by atoms with Crippen molar-refractivity contribution >= 4 is 17.0 Å². The van der Waals surface area contributed by atoms with E-state index >= 15 is 0 Å². The highest BCUT2D eigenvalue weighted by atomic mass is 16.3. The Balaban J connectivity index is 1.48. The summed E-state index contributed by atoms with van der Waals surface area (Å²) in [6.07, 6.45) is 5.70. The van der Waals surface area contributed by atoms with E-state index in [1.807, 2.05) is 43.1 Å². The Morgan fingerprint density at radius 3 is 2.66 bits per heavy atom. The Bertz CT molecular complexity index is 1150. The SMILES string of the molecule is Cn1cc(-c2nc3c(N4CC[C@H](c5ccccc5)[C@@H](O)C4)ncnc3n2C)cn1. The van der Waals surface area contributed by atoms with Gasteiger partial charge in [-0.3, -0.25) is 4.68 Å². The lowest BCUT2D eigenvalue weighted by atomic mass is 9.87. The van der Waals surface area contributed by atoms with Crippen LogP contribution in [0.1, 0.15) is 17.9 Å². The maximum atomic E-state index is 10.8. The van der Waals surface area contributed by atoms with Gasteiger partial charge in [0.25, 0.3) is 0 Å². The number of imidazole rings is 1. The van der Waals surface area contributed by atoms with Crippen LogP contribution >= 0.6 is 0 Å². The molecule has 1 aliphatic rings. The molecule has 1 aliphatic heterocycles. The number of aliphatic hydroxyl groups excluding tert-OH is 1. The molecule has 1 fully saturated rings. The highest BCUT2D eigenvalue weighted by Crippen LogP contribution is 2.33. The van der Waals surface area contributed by atoms with Crippen LogP contribution in [0, 0.1) is 0 Å². The topological polar surface area (TPSA) is 84.9 Å². The van der Waals surface area contributed by atoms with Crippen molar-refractivity contribution in [2.45, 2.75) is 18.4 Å². The maximum absolute atomic E-state index is 10.8. The number of aromatic nitrogens is 6. The molecular weight excluding hydrogens is 366 g/mol. The fourth-order valence-electron chi connectivity index (χ4n) is 4.23. The van der Waals surface area contributed by atoms with Gasteiger partial charge in [-0.2, -0.15) is 5.10 Å². The van der Waals surface area contributed by atoms with E-state index in [-0.39, 0.29) is 5.92 Å². The van der Waals surface area contributed by atoms with E-state index in [1.165, 1.54) is 5.56 Å². The molecule has 2 atom stereocenters. The van der Waals surface area contributed by atoms with Crippen LogP contribution in [0.3, 0.4) is 0 Å². The average molecular weight is 389 g/mol. The van der Waals surface area contributed by atoms with E-state index in [4.69, 9.17) is 4.98 Å². The lowest BCUT2D eigenvalue weighted by Crippen LogP contribution is -2.43. The fraction of sp³-hybridized carbons (Fsp3) is 0.333. The summed E-state index contributed by atoms with van der Waals surface area (Å²) in [6, 6.07) is 10.2. The van der Waals surface area contributed by atoms with Gasteiger partial charge >= 0.3 is 0 Å². The highest BCUT2D eigenvalue weighted by Gasteiger charge is 2.31. The zero-order valence-electron chi connectivity index (χ0n) is 16.5. The van der Waals surface area contributed by atoms with Gasteiger partial charge < -0.3 is 14.6 Å². The molecule has 148 valence electrons. The largest absolute Gasteiger partial charge is 0.391 e. The number of nitrogens with zero attached hydrogens (tertiary/aromatic N) is 7. The molecule has 4 aromatic rings. The van der Waals surface area contributed by atoms with Crippen LogP contribution in [0.25, 0.3) is 22.6 Å². The van der Waals surface area contributed by atoms with Crippen LogP contribution in [-0.2, 0) is 14.1 Å². The van der Waals surface area contributed by atoms with Gasteiger partial charge in [0.2, 0.25) is 0 Å². The zero-order chi connectivity index (χ0) is 20.0. The number of anilines is 1. The number of β-amino-alcohol motifs (C(OH)–C–C–N with tert-alkyl or cyclic N) is 1. The van der Waals surface area contributed by atoms with Gasteiger partial charge in [0, 0.05) is 39.3 Å². The summed E-state index contributed by atoms with van der Waals surface area (Å²) in [4.78, 5) is 15.9. The van der Waals surface area contributed by atoms with Crippen LogP contribution < -0.4 is 4.90 Å². The summed E-state index contributed by atoms with van der Waals surface area (Å²) in [5, 5.41) is 15.1.